The molecule has 2 atom stereocenters. The van der Waals surface area contributed by atoms with Crippen LogP contribution in [-0.4, -0.2) is 54.8 Å². The van der Waals surface area contributed by atoms with Gasteiger partial charge in [-0.15, -0.1) is 0 Å². The second kappa shape index (κ2) is 4.37. The third-order valence-electron chi connectivity index (χ3n) is 3.35. The molecule has 0 aromatic rings. The quantitative estimate of drug-likeness (QED) is 0.526. The molecule has 6 heteroatoms. The molecule has 0 aromatic heterocycles. The van der Waals surface area contributed by atoms with Gasteiger partial charge in [0, 0.05) is 6.54 Å². The van der Waals surface area contributed by atoms with Gasteiger partial charge in [-0.1, -0.05) is 0 Å². The van der Waals surface area contributed by atoms with Gasteiger partial charge in [0.25, 0.3) is 0 Å². The van der Waals surface area contributed by atoms with Crippen LogP contribution in [0.3, 0.4) is 0 Å². The van der Waals surface area contributed by atoms with E-state index in [4.69, 9.17) is 4.74 Å². The molecule has 0 radical (unpaired) electrons. The second-order valence-corrected chi connectivity index (χ2v) is 4.60. The van der Waals surface area contributed by atoms with Crippen LogP contribution in [-0.2, 0) is 9.53 Å². The number of nitrogens with zero attached hydrogens (tertiary/aromatic N) is 2. The van der Waals surface area contributed by atoms with Crippen molar-refractivity contribution in [3.8, 4) is 0 Å². The topological polar surface area (TPSA) is 58.6 Å². The molecule has 2 amide bonds. The first-order valence-corrected chi connectivity index (χ1v) is 5.74. The minimum absolute atomic E-state index is 0.0563. The van der Waals surface area contributed by atoms with Crippen molar-refractivity contribution >= 4 is 12.0 Å². The maximum Gasteiger partial charge on any atom is 0.425 e. The molecule has 0 bridgehead atoms. The van der Waals surface area contributed by atoms with E-state index in [-0.39, 0.29) is 16.5 Å². The molecule has 1 saturated heterocycles. The van der Waals surface area contributed by atoms with E-state index in [1.165, 1.54) is 7.11 Å². The van der Waals surface area contributed by atoms with Crippen LogP contribution in [0.15, 0.2) is 12.4 Å². The van der Waals surface area contributed by atoms with Gasteiger partial charge in [-0.25, -0.2) is 9.59 Å². The van der Waals surface area contributed by atoms with Gasteiger partial charge in [-0.3, -0.25) is 4.90 Å². The van der Waals surface area contributed by atoms with Crippen LogP contribution in [0.4, 0.5) is 4.79 Å². The summed E-state index contributed by atoms with van der Waals surface area (Å²) in [4.78, 5) is 25.6. The number of rotatable bonds is 1. The number of urea groups is 1. The minimum atomic E-state index is -0.420. The van der Waals surface area contributed by atoms with Gasteiger partial charge in [-0.2, -0.15) is 4.48 Å². The summed E-state index contributed by atoms with van der Waals surface area (Å²) in [5.41, 5.74) is 0. The van der Waals surface area contributed by atoms with Crippen LogP contribution in [0, 0.1) is 0 Å². The zero-order chi connectivity index (χ0) is 12.5. The van der Waals surface area contributed by atoms with E-state index in [0.29, 0.717) is 19.6 Å². The minimum Gasteiger partial charge on any atom is -0.467 e. The fourth-order valence-corrected chi connectivity index (χ4v) is 2.31. The Balaban J connectivity index is 2.13. The number of esters is 1. The van der Waals surface area contributed by atoms with Crippen LogP contribution in [0.25, 0.3) is 0 Å². The fraction of sp³-hybridized carbons (Fsp3) is 0.636. The number of quaternary nitrogens is 1. The zero-order valence-electron chi connectivity index (χ0n) is 10.2. The maximum absolute atomic E-state index is 12.4. The Kier molecular flexibility index (Phi) is 3.06. The molecule has 17 heavy (non-hydrogen) atoms. The predicted molar refractivity (Wildman–Crippen MR) is 60.5 cm³/mol. The first-order chi connectivity index (χ1) is 8.08. The lowest BCUT2D eigenvalue weighted by atomic mass is 10.2. The van der Waals surface area contributed by atoms with Gasteiger partial charge in [-0.05, 0) is 12.8 Å². The Bertz CT molecular complexity index is 369. The van der Waals surface area contributed by atoms with E-state index in [2.05, 4.69) is 5.32 Å². The van der Waals surface area contributed by atoms with E-state index >= 15 is 0 Å². The lowest BCUT2D eigenvalue weighted by Crippen LogP contribution is -2.55. The summed E-state index contributed by atoms with van der Waals surface area (Å²) in [5.74, 6) is -0.321. The molecular weight excluding hydrogens is 222 g/mol. The highest BCUT2D eigenvalue weighted by molar-refractivity contribution is 5.82. The number of likely N-dealkylation sites (tertiary alicyclic amines) is 1. The number of carbonyl (C=O) groups excluding carboxylic acids is 2. The molecule has 0 aromatic carbocycles. The molecule has 6 nitrogen and oxygen atoms in total. The standard InChI is InChI=1S/C11H18N3O3/c1-14(7-5-12-8-14)11(16)13-6-3-4-9(13)10(15)17-2/h5,7,9,12H,3-4,6,8H2,1-2H3/q+1. The second-order valence-electron chi connectivity index (χ2n) is 4.60. The Hall–Kier alpha value is -1.56. The molecule has 1 fully saturated rings. The van der Waals surface area contributed by atoms with Gasteiger partial charge >= 0.3 is 12.0 Å². The molecule has 2 unspecified atom stereocenters. The van der Waals surface area contributed by atoms with Gasteiger partial charge in [0.1, 0.15) is 12.2 Å². The van der Waals surface area contributed by atoms with E-state index in [0.717, 1.165) is 6.42 Å². The van der Waals surface area contributed by atoms with Crippen molar-refractivity contribution in [1.29, 1.82) is 0 Å². The number of amides is 2. The SMILES string of the molecule is COC(=O)C1CCCN1C(=O)[N+]1(C)C=CNC1. The average Bonchev–Trinajstić information content (AvgIpc) is 2.96. The molecule has 2 heterocycles. The van der Waals surface area contributed by atoms with E-state index < -0.39 is 6.04 Å². The van der Waals surface area contributed by atoms with Crippen LogP contribution < -0.4 is 5.32 Å². The molecular formula is C11H18N3O3+. The molecule has 2 aliphatic heterocycles. The summed E-state index contributed by atoms with van der Waals surface area (Å²) in [7, 11) is 3.18. The van der Waals surface area contributed by atoms with Crippen molar-refractivity contribution in [2.24, 2.45) is 0 Å². The average molecular weight is 240 g/mol. The summed E-state index contributed by atoms with van der Waals surface area (Å²) in [6.07, 6.45) is 5.11. The molecule has 0 aliphatic carbocycles. The summed E-state index contributed by atoms with van der Waals surface area (Å²) >= 11 is 0. The van der Waals surface area contributed by atoms with Crippen molar-refractivity contribution in [2.75, 3.05) is 27.4 Å². The molecule has 0 saturated carbocycles. The van der Waals surface area contributed by atoms with Gasteiger partial charge in [0.15, 0.2) is 6.67 Å². The Labute approximate surface area is 100 Å². The van der Waals surface area contributed by atoms with Crippen molar-refractivity contribution < 1.29 is 18.8 Å². The Morgan fingerprint density at radius 2 is 2.29 bits per heavy atom. The Morgan fingerprint density at radius 3 is 2.88 bits per heavy atom. The number of carbonyl (C=O) groups is 2. The largest absolute Gasteiger partial charge is 0.467 e. The molecule has 0 spiro atoms. The number of nitrogens with one attached hydrogen (secondary N) is 1. The maximum atomic E-state index is 12.4. The first-order valence-electron chi connectivity index (χ1n) is 5.74. The van der Waals surface area contributed by atoms with E-state index in [1.54, 1.807) is 17.3 Å². The lowest BCUT2D eigenvalue weighted by molar-refractivity contribution is -0.776. The third kappa shape index (κ3) is 2.00. The lowest BCUT2D eigenvalue weighted by Gasteiger charge is -2.30. The number of hydrogen-bond donors (Lipinski definition) is 1. The summed E-state index contributed by atoms with van der Waals surface area (Å²) < 4.78 is 4.90. The predicted octanol–water partition coefficient (Wildman–Crippen LogP) is 0.222. The van der Waals surface area contributed by atoms with Crippen LogP contribution >= 0.6 is 0 Å². The van der Waals surface area contributed by atoms with E-state index in [1.807, 2.05) is 7.05 Å². The van der Waals surface area contributed by atoms with Crippen LogP contribution in [0.5, 0.6) is 0 Å². The highest BCUT2D eigenvalue weighted by atomic mass is 16.5. The van der Waals surface area contributed by atoms with Gasteiger partial charge in [0.05, 0.1) is 20.4 Å². The molecule has 2 rings (SSSR count). The molecule has 2 aliphatic rings. The highest BCUT2D eigenvalue weighted by Gasteiger charge is 2.44. The Morgan fingerprint density at radius 1 is 1.53 bits per heavy atom. The van der Waals surface area contributed by atoms with Crippen LogP contribution in [0.1, 0.15) is 12.8 Å². The number of ether oxygens (including phenoxy) is 1. The summed E-state index contributed by atoms with van der Waals surface area (Å²) in [6.45, 7) is 1.16. The number of methoxy groups -OCH3 is 1. The fourth-order valence-electron chi connectivity index (χ4n) is 2.31. The van der Waals surface area contributed by atoms with E-state index in [9.17, 15) is 9.59 Å². The third-order valence-corrected chi connectivity index (χ3v) is 3.35. The van der Waals surface area contributed by atoms with Gasteiger partial charge in [0.2, 0.25) is 0 Å². The number of hydrogen-bond acceptors (Lipinski definition) is 4. The van der Waals surface area contributed by atoms with Crippen molar-refractivity contribution in [3.05, 3.63) is 12.4 Å². The smallest absolute Gasteiger partial charge is 0.425 e. The molecule has 94 valence electrons. The first kappa shape index (κ1) is 11.9. The van der Waals surface area contributed by atoms with Gasteiger partial charge < -0.3 is 10.1 Å². The summed E-state index contributed by atoms with van der Waals surface area (Å²) in [6, 6.07) is -0.476. The molecule has 1 N–H and O–H groups in total. The normalized spacial score (nSPS) is 31.4. The van der Waals surface area contributed by atoms with Crippen molar-refractivity contribution in [3.63, 3.8) is 0 Å². The summed E-state index contributed by atoms with van der Waals surface area (Å²) in [5, 5.41) is 3.00. The van der Waals surface area contributed by atoms with Crippen molar-refractivity contribution in [1.82, 2.24) is 10.2 Å². The highest BCUT2D eigenvalue weighted by Crippen LogP contribution is 2.23. The zero-order valence-corrected chi connectivity index (χ0v) is 10.2. The van der Waals surface area contributed by atoms with Crippen molar-refractivity contribution in [2.45, 2.75) is 18.9 Å². The monoisotopic (exact) mass is 240 g/mol. The van der Waals surface area contributed by atoms with Crippen LogP contribution in [0.2, 0.25) is 0 Å².